The van der Waals surface area contributed by atoms with E-state index in [1.54, 1.807) is 12.1 Å². The lowest BCUT2D eigenvalue weighted by Gasteiger charge is -2.22. The Morgan fingerprint density at radius 3 is 2.61 bits per heavy atom. The van der Waals surface area contributed by atoms with E-state index in [4.69, 9.17) is 4.74 Å². The molecule has 0 amide bonds. The molecule has 0 aromatic heterocycles. The molecule has 0 radical (unpaired) electrons. The number of likely N-dealkylation sites (N-methyl/N-ethyl adjacent to an activating group) is 1. The number of ether oxygens (including phenoxy) is 1. The van der Waals surface area contributed by atoms with E-state index in [9.17, 15) is 4.39 Å². The van der Waals surface area contributed by atoms with Crippen LogP contribution in [-0.4, -0.2) is 25.8 Å². The van der Waals surface area contributed by atoms with Crippen molar-refractivity contribution in [3.05, 3.63) is 35.6 Å². The predicted octanol–water partition coefficient (Wildman–Crippen LogP) is 3.33. The molecule has 18 heavy (non-hydrogen) atoms. The van der Waals surface area contributed by atoms with E-state index in [2.05, 4.69) is 5.32 Å². The van der Waals surface area contributed by atoms with Crippen molar-refractivity contribution in [1.29, 1.82) is 0 Å². The maximum atomic E-state index is 13.2. The molecule has 0 aliphatic heterocycles. The molecule has 0 fully saturated rings. The Kier molecular flexibility index (Phi) is 5.76. The topological polar surface area (TPSA) is 21.3 Å². The van der Waals surface area contributed by atoms with E-state index in [1.807, 2.05) is 33.9 Å². The third-order valence-corrected chi connectivity index (χ3v) is 2.77. The van der Waals surface area contributed by atoms with Gasteiger partial charge in [0, 0.05) is 13.2 Å². The molecule has 102 valence electrons. The van der Waals surface area contributed by atoms with E-state index in [0.29, 0.717) is 6.61 Å². The average Bonchev–Trinajstić information content (AvgIpc) is 2.26. The molecule has 0 saturated heterocycles. The van der Waals surface area contributed by atoms with Gasteiger partial charge in [0.15, 0.2) is 0 Å². The number of nitrogens with one attached hydrogen (secondary N) is 1. The van der Waals surface area contributed by atoms with E-state index < -0.39 is 0 Å². The monoisotopic (exact) mass is 253 g/mol. The van der Waals surface area contributed by atoms with Crippen molar-refractivity contribution in [3.8, 4) is 0 Å². The average molecular weight is 253 g/mol. The van der Waals surface area contributed by atoms with Gasteiger partial charge in [0.05, 0.1) is 5.60 Å². The van der Waals surface area contributed by atoms with Crippen LogP contribution >= 0.6 is 0 Å². The Balaban J connectivity index is 2.60. The minimum Gasteiger partial charge on any atom is -0.376 e. The molecule has 1 rings (SSSR count). The highest BCUT2D eigenvalue weighted by Crippen LogP contribution is 2.21. The molecule has 0 saturated carbocycles. The van der Waals surface area contributed by atoms with Crippen molar-refractivity contribution in [2.45, 2.75) is 38.7 Å². The fourth-order valence-corrected chi connectivity index (χ4v) is 1.90. The van der Waals surface area contributed by atoms with E-state index in [1.165, 1.54) is 6.07 Å². The SMILES string of the molecule is CNCC(CCOC(C)(C)C)c1cccc(F)c1. The number of benzene rings is 1. The van der Waals surface area contributed by atoms with Crippen LogP contribution in [0.2, 0.25) is 0 Å². The molecule has 1 aromatic carbocycles. The van der Waals surface area contributed by atoms with Gasteiger partial charge in [-0.2, -0.15) is 0 Å². The van der Waals surface area contributed by atoms with Crippen LogP contribution in [0, 0.1) is 5.82 Å². The highest BCUT2D eigenvalue weighted by molar-refractivity contribution is 5.21. The summed E-state index contributed by atoms with van der Waals surface area (Å²) in [6.07, 6.45) is 0.890. The Morgan fingerprint density at radius 2 is 2.06 bits per heavy atom. The van der Waals surface area contributed by atoms with Crippen LogP contribution in [-0.2, 0) is 4.74 Å². The highest BCUT2D eigenvalue weighted by atomic mass is 19.1. The van der Waals surface area contributed by atoms with Gasteiger partial charge < -0.3 is 10.1 Å². The molecule has 2 nitrogen and oxygen atoms in total. The van der Waals surface area contributed by atoms with Crippen molar-refractivity contribution >= 4 is 0 Å². The van der Waals surface area contributed by atoms with Crippen LogP contribution in [0.3, 0.4) is 0 Å². The number of halogens is 1. The summed E-state index contributed by atoms with van der Waals surface area (Å²) < 4.78 is 19.0. The van der Waals surface area contributed by atoms with E-state index in [-0.39, 0.29) is 17.3 Å². The van der Waals surface area contributed by atoms with Gasteiger partial charge in [-0.15, -0.1) is 0 Å². The van der Waals surface area contributed by atoms with Crippen molar-refractivity contribution in [1.82, 2.24) is 5.32 Å². The summed E-state index contributed by atoms with van der Waals surface area (Å²) in [6, 6.07) is 6.82. The van der Waals surface area contributed by atoms with Gasteiger partial charge in [-0.3, -0.25) is 0 Å². The van der Waals surface area contributed by atoms with Crippen LogP contribution in [0.4, 0.5) is 4.39 Å². The van der Waals surface area contributed by atoms with Crippen LogP contribution in [0.25, 0.3) is 0 Å². The van der Waals surface area contributed by atoms with Crippen molar-refractivity contribution < 1.29 is 9.13 Å². The molecular weight excluding hydrogens is 229 g/mol. The maximum absolute atomic E-state index is 13.2. The molecule has 1 unspecified atom stereocenters. The van der Waals surface area contributed by atoms with Gasteiger partial charge in [0.2, 0.25) is 0 Å². The zero-order chi connectivity index (χ0) is 13.6. The predicted molar refractivity (Wildman–Crippen MR) is 73.4 cm³/mol. The number of hydrogen-bond donors (Lipinski definition) is 1. The standard InChI is InChI=1S/C15H24FNO/c1-15(2,3)18-9-8-13(11-17-4)12-6-5-7-14(16)10-12/h5-7,10,13,17H,8-9,11H2,1-4H3. The summed E-state index contributed by atoms with van der Waals surface area (Å²) in [4.78, 5) is 0. The normalized spacial score (nSPS) is 13.6. The molecule has 0 heterocycles. The summed E-state index contributed by atoms with van der Waals surface area (Å²) >= 11 is 0. The fourth-order valence-electron chi connectivity index (χ4n) is 1.90. The van der Waals surface area contributed by atoms with E-state index >= 15 is 0 Å². The minimum absolute atomic E-state index is 0.119. The largest absolute Gasteiger partial charge is 0.376 e. The van der Waals surface area contributed by atoms with Crippen LogP contribution in [0.15, 0.2) is 24.3 Å². The van der Waals surface area contributed by atoms with Crippen LogP contribution < -0.4 is 5.32 Å². The summed E-state index contributed by atoms with van der Waals surface area (Å²) in [7, 11) is 1.91. The van der Waals surface area contributed by atoms with Crippen molar-refractivity contribution in [2.24, 2.45) is 0 Å². The van der Waals surface area contributed by atoms with Gasteiger partial charge in [-0.05, 0) is 57.9 Å². The molecule has 1 N–H and O–H groups in total. The van der Waals surface area contributed by atoms with Gasteiger partial charge in [0.25, 0.3) is 0 Å². The second kappa shape index (κ2) is 6.86. The smallest absolute Gasteiger partial charge is 0.123 e. The molecule has 1 aromatic rings. The lowest BCUT2D eigenvalue weighted by molar-refractivity contribution is -0.00619. The van der Waals surface area contributed by atoms with Crippen LogP contribution in [0.5, 0.6) is 0 Å². The molecule has 0 aliphatic rings. The second-order valence-corrected chi connectivity index (χ2v) is 5.56. The first-order valence-corrected chi connectivity index (χ1v) is 6.46. The Hall–Kier alpha value is -0.930. The van der Waals surface area contributed by atoms with Crippen molar-refractivity contribution in [2.75, 3.05) is 20.2 Å². The molecule has 0 bridgehead atoms. The van der Waals surface area contributed by atoms with Gasteiger partial charge in [-0.1, -0.05) is 12.1 Å². The minimum atomic E-state index is -0.176. The number of hydrogen-bond acceptors (Lipinski definition) is 2. The molecule has 1 atom stereocenters. The molecule has 3 heteroatoms. The summed E-state index contributed by atoms with van der Waals surface area (Å²) in [5.74, 6) is 0.110. The zero-order valence-corrected chi connectivity index (χ0v) is 11.8. The zero-order valence-electron chi connectivity index (χ0n) is 11.8. The maximum Gasteiger partial charge on any atom is 0.123 e. The van der Waals surface area contributed by atoms with Crippen molar-refractivity contribution in [3.63, 3.8) is 0 Å². The van der Waals surface area contributed by atoms with Gasteiger partial charge in [-0.25, -0.2) is 4.39 Å². The first-order valence-electron chi connectivity index (χ1n) is 6.46. The Morgan fingerprint density at radius 1 is 1.33 bits per heavy atom. The number of rotatable bonds is 6. The summed E-state index contributed by atoms with van der Waals surface area (Å²) in [5, 5.41) is 3.16. The third-order valence-electron chi connectivity index (χ3n) is 2.77. The molecule has 0 spiro atoms. The Bertz CT molecular complexity index is 360. The first-order chi connectivity index (χ1) is 8.42. The second-order valence-electron chi connectivity index (χ2n) is 5.56. The third kappa shape index (κ3) is 5.61. The van der Waals surface area contributed by atoms with E-state index in [0.717, 1.165) is 18.5 Å². The Labute approximate surface area is 110 Å². The summed E-state index contributed by atoms with van der Waals surface area (Å²) in [5.41, 5.74) is 0.911. The lowest BCUT2D eigenvalue weighted by Crippen LogP contribution is -2.23. The van der Waals surface area contributed by atoms with Crippen LogP contribution in [0.1, 0.15) is 38.7 Å². The first kappa shape index (κ1) is 15.1. The van der Waals surface area contributed by atoms with Gasteiger partial charge in [0.1, 0.15) is 5.82 Å². The highest BCUT2D eigenvalue weighted by Gasteiger charge is 2.14. The fraction of sp³-hybridized carbons (Fsp3) is 0.600. The molecule has 0 aliphatic carbocycles. The molecular formula is C15H24FNO. The quantitative estimate of drug-likeness (QED) is 0.839. The van der Waals surface area contributed by atoms with Gasteiger partial charge >= 0.3 is 0 Å². The summed E-state index contributed by atoms with van der Waals surface area (Å²) in [6.45, 7) is 7.65. The lowest BCUT2D eigenvalue weighted by atomic mass is 9.96.